The maximum atomic E-state index is 2.63. The number of rotatable bonds is 3. The predicted octanol–water partition coefficient (Wildman–Crippen LogP) is 18.7. The van der Waals surface area contributed by atoms with Gasteiger partial charge in [-0.1, -0.05) is 226 Å². The molecule has 2 heteroatoms. The molecule has 2 nitrogen and oxygen atoms in total. The number of hydrogen-bond acceptors (Lipinski definition) is 1. The van der Waals surface area contributed by atoms with Gasteiger partial charge in [-0.25, -0.2) is 0 Å². The Morgan fingerprint density at radius 2 is 0.805 bits per heavy atom. The van der Waals surface area contributed by atoms with Crippen molar-refractivity contribution < 1.29 is 0 Å². The van der Waals surface area contributed by atoms with E-state index in [1.165, 1.54) is 138 Å². The maximum absolute atomic E-state index is 2.63. The van der Waals surface area contributed by atoms with E-state index >= 15 is 0 Å². The summed E-state index contributed by atoms with van der Waals surface area (Å²) >= 11 is 0. The molecule has 5 aliphatic rings. The summed E-state index contributed by atoms with van der Waals surface area (Å²) in [5.74, 6) is 0. The van der Waals surface area contributed by atoms with Gasteiger partial charge in [0.25, 0.3) is 0 Å². The average Bonchev–Trinajstić information content (AvgIpc) is 4.25. The lowest BCUT2D eigenvalue weighted by molar-refractivity contribution is 0.660. The van der Waals surface area contributed by atoms with E-state index < -0.39 is 10.8 Å². The number of anilines is 3. The van der Waals surface area contributed by atoms with E-state index in [-0.39, 0.29) is 5.41 Å². The lowest BCUT2D eigenvalue weighted by Gasteiger charge is -2.39. The maximum Gasteiger partial charge on any atom is 0.0755 e. The van der Waals surface area contributed by atoms with E-state index in [1.54, 1.807) is 0 Å². The molecule has 0 fully saturated rings. The third-order valence-corrected chi connectivity index (χ3v) is 19.0. The second-order valence-electron chi connectivity index (χ2n) is 22.6. The molecule has 1 aliphatic heterocycles. The second-order valence-corrected chi connectivity index (χ2v) is 22.6. The first-order valence-electron chi connectivity index (χ1n) is 27.3. The number of benzene rings is 12. The van der Waals surface area contributed by atoms with Crippen molar-refractivity contribution >= 4 is 49.6 Å². The van der Waals surface area contributed by atoms with Crippen LogP contribution < -0.4 is 4.90 Å². The molecule has 1 atom stereocenters. The highest BCUT2D eigenvalue weighted by Crippen LogP contribution is 2.67. The zero-order valence-corrected chi connectivity index (χ0v) is 42.6. The standard InChI is InChI=1S/C75H48N2/c1-73(2)57-27-10-5-21-49(57)52-40-38-46(43-65(52)73)76(47-39-41-56-66(44-47)74(63-42-37-45-19-3-4-20-48(45)70(56)63)58-28-11-6-22-50(58)51-23-7-12-29-59(51)74)69-36-18-32-62-71(69)55-25-8-13-30-60(55)75(62)61-31-14-16-35-68(61)77-67-34-15-9-24-53(67)54-26-17-33-64(75)72(54)77/h3-44H,1-2H3. The van der Waals surface area contributed by atoms with E-state index in [9.17, 15) is 0 Å². The first-order chi connectivity index (χ1) is 38.0. The number of nitrogens with zero attached hydrogens (tertiary/aromatic N) is 2. The summed E-state index contributed by atoms with van der Waals surface area (Å²) < 4.78 is 2.54. The minimum atomic E-state index is -0.600. The summed E-state index contributed by atoms with van der Waals surface area (Å²) in [6.07, 6.45) is 0. The predicted molar refractivity (Wildman–Crippen MR) is 318 cm³/mol. The third-order valence-electron chi connectivity index (χ3n) is 19.0. The lowest BCUT2D eigenvalue weighted by atomic mass is 9.65. The van der Waals surface area contributed by atoms with Crippen molar-refractivity contribution in [3.8, 4) is 50.2 Å². The van der Waals surface area contributed by atoms with E-state index in [0.717, 1.165) is 17.1 Å². The average molecular weight is 977 g/mol. The van der Waals surface area contributed by atoms with Crippen LogP contribution in [-0.2, 0) is 16.2 Å². The molecule has 0 saturated carbocycles. The summed E-state index contributed by atoms with van der Waals surface area (Å²) in [5.41, 5.74) is 29.6. The molecule has 0 bridgehead atoms. The molecule has 1 unspecified atom stereocenters. The molecule has 0 N–H and O–H groups in total. The van der Waals surface area contributed by atoms with Gasteiger partial charge in [-0.05, 0) is 148 Å². The molecular formula is C75H48N2. The fourth-order valence-electron chi connectivity index (χ4n) is 16.1. The topological polar surface area (TPSA) is 8.17 Å². The fraction of sp³-hybridized carbons (Fsp3) is 0.0667. The Morgan fingerprint density at radius 3 is 1.57 bits per heavy atom. The largest absolute Gasteiger partial charge is 0.310 e. The zero-order chi connectivity index (χ0) is 50.5. The summed E-state index contributed by atoms with van der Waals surface area (Å²) in [4.78, 5) is 2.63. The van der Waals surface area contributed by atoms with Crippen LogP contribution in [0.15, 0.2) is 255 Å². The van der Waals surface area contributed by atoms with Gasteiger partial charge >= 0.3 is 0 Å². The van der Waals surface area contributed by atoms with Gasteiger partial charge in [0.1, 0.15) is 0 Å². The van der Waals surface area contributed by atoms with Crippen LogP contribution in [0.3, 0.4) is 0 Å². The number of para-hydroxylation sites is 3. The van der Waals surface area contributed by atoms with Gasteiger partial charge in [-0.2, -0.15) is 0 Å². The Bertz CT molecular complexity index is 4770. The van der Waals surface area contributed by atoms with Gasteiger partial charge in [-0.3, -0.25) is 0 Å². The lowest BCUT2D eigenvalue weighted by Crippen LogP contribution is -2.33. The minimum Gasteiger partial charge on any atom is -0.310 e. The molecule has 2 heterocycles. The molecule has 13 aromatic rings. The summed E-state index contributed by atoms with van der Waals surface area (Å²) in [6, 6.07) is 97.7. The molecule has 0 radical (unpaired) electrons. The second kappa shape index (κ2) is 14.5. The molecule has 1 aromatic heterocycles. The Hall–Kier alpha value is -9.50. The van der Waals surface area contributed by atoms with E-state index in [2.05, 4.69) is 278 Å². The highest BCUT2D eigenvalue weighted by atomic mass is 15.1. The minimum absolute atomic E-state index is 0.201. The molecule has 0 amide bonds. The smallest absolute Gasteiger partial charge is 0.0755 e. The number of hydrogen-bond donors (Lipinski definition) is 0. The molecule has 77 heavy (non-hydrogen) atoms. The van der Waals surface area contributed by atoms with Crippen molar-refractivity contribution in [1.29, 1.82) is 0 Å². The fourth-order valence-corrected chi connectivity index (χ4v) is 16.1. The van der Waals surface area contributed by atoms with Crippen LogP contribution in [0.25, 0.3) is 82.8 Å². The molecule has 18 rings (SSSR count). The van der Waals surface area contributed by atoms with Crippen LogP contribution in [-0.4, -0.2) is 4.57 Å². The van der Waals surface area contributed by atoms with Gasteiger partial charge < -0.3 is 9.47 Å². The third kappa shape index (κ3) is 4.86. The van der Waals surface area contributed by atoms with Crippen molar-refractivity contribution in [3.63, 3.8) is 0 Å². The molecule has 358 valence electrons. The summed E-state index contributed by atoms with van der Waals surface area (Å²) in [5, 5.41) is 5.11. The normalized spacial score (nSPS) is 16.4. The van der Waals surface area contributed by atoms with Crippen LogP contribution in [0.1, 0.15) is 69.5 Å². The van der Waals surface area contributed by atoms with Crippen molar-refractivity contribution in [2.75, 3.05) is 4.90 Å². The monoisotopic (exact) mass is 976 g/mol. The van der Waals surface area contributed by atoms with Crippen LogP contribution in [0.4, 0.5) is 17.1 Å². The van der Waals surface area contributed by atoms with E-state index in [4.69, 9.17) is 0 Å². The first-order valence-corrected chi connectivity index (χ1v) is 27.3. The van der Waals surface area contributed by atoms with Crippen LogP contribution in [0.5, 0.6) is 0 Å². The van der Waals surface area contributed by atoms with E-state index in [1.807, 2.05) is 0 Å². The van der Waals surface area contributed by atoms with Gasteiger partial charge in [0.2, 0.25) is 0 Å². The highest BCUT2D eigenvalue weighted by Gasteiger charge is 2.54. The van der Waals surface area contributed by atoms with Gasteiger partial charge in [0, 0.05) is 33.1 Å². The number of aromatic nitrogens is 1. The Balaban J connectivity index is 0.959. The van der Waals surface area contributed by atoms with Crippen molar-refractivity contribution in [1.82, 2.24) is 4.57 Å². The Kier molecular flexibility index (Phi) is 7.85. The Labute approximate surface area is 447 Å². The molecular weight excluding hydrogens is 929 g/mol. The SMILES string of the molecule is CC1(C)c2ccccc2-c2ccc(N(c3ccc4c(c3)C3(c5ccccc5-c5ccccc53)c3ccc5ccccc5c3-4)c3cccc4c3-c3ccccc3C43c4ccccc4-n4c5ccccc5c5cccc3c54)cc21. The Morgan fingerprint density at radius 1 is 0.312 bits per heavy atom. The van der Waals surface area contributed by atoms with Crippen LogP contribution in [0.2, 0.25) is 0 Å². The molecule has 2 spiro atoms. The summed E-state index contributed by atoms with van der Waals surface area (Å²) in [7, 11) is 0. The highest BCUT2D eigenvalue weighted by molar-refractivity contribution is 6.14. The van der Waals surface area contributed by atoms with Crippen LogP contribution >= 0.6 is 0 Å². The molecule has 4 aliphatic carbocycles. The van der Waals surface area contributed by atoms with E-state index in [0.29, 0.717) is 0 Å². The van der Waals surface area contributed by atoms with Crippen molar-refractivity contribution in [3.05, 3.63) is 310 Å². The molecule has 12 aromatic carbocycles. The van der Waals surface area contributed by atoms with Gasteiger partial charge in [0.05, 0.1) is 33.2 Å². The summed E-state index contributed by atoms with van der Waals surface area (Å²) in [6.45, 7) is 4.81. The quantitative estimate of drug-likeness (QED) is 0.171. The number of fused-ring (bicyclic) bond motifs is 27. The van der Waals surface area contributed by atoms with Gasteiger partial charge in [0.15, 0.2) is 0 Å². The zero-order valence-electron chi connectivity index (χ0n) is 42.6. The molecule has 0 saturated heterocycles. The first kappa shape index (κ1) is 41.8. The van der Waals surface area contributed by atoms with Crippen molar-refractivity contribution in [2.24, 2.45) is 0 Å². The van der Waals surface area contributed by atoms with Crippen molar-refractivity contribution in [2.45, 2.75) is 30.1 Å². The van der Waals surface area contributed by atoms with Crippen LogP contribution in [0, 0.1) is 0 Å². The van der Waals surface area contributed by atoms with Gasteiger partial charge in [-0.15, -0.1) is 0 Å².